The van der Waals surface area contributed by atoms with Crippen LogP contribution in [0.5, 0.6) is 0 Å². The number of rotatable bonds is 4. The van der Waals surface area contributed by atoms with Crippen LogP contribution in [0.25, 0.3) is 0 Å². The maximum atomic E-state index is 12.8. The molecule has 0 aromatic heterocycles. The number of hydrogen-bond donors (Lipinski definition) is 2. The van der Waals surface area contributed by atoms with Crippen molar-refractivity contribution in [2.45, 2.75) is 32.8 Å². The van der Waals surface area contributed by atoms with Crippen LogP contribution >= 0.6 is 0 Å². The van der Waals surface area contributed by atoms with E-state index < -0.39 is 11.7 Å². The van der Waals surface area contributed by atoms with Gasteiger partial charge in [0.1, 0.15) is 11.4 Å². The molecule has 0 saturated carbocycles. The van der Waals surface area contributed by atoms with Crippen molar-refractivity contribution in [1.29, 1.82) is 5.41 Å². The quantitative estimate of drug-likeness (QED) is 0.829. The molecule has 1 aromatic carbocycles. The van der Waals surface area contributed by atoms with Crippen LogP contribution in [0.3, 0.4) is 0 Å². The van der Waals surface area contributed by atoms with E-state index in [1.807, 2.05) is 0 Å². The van der Waals surface area contributed by atoms with Gasteiger partial charge < -0.3 is 10.1 Å². The SMILES string of the molecule is CC(C)(C)OC(=O)N/C=C(\C=N)Cc1ccc(F)cc1. The number of halogens is 1. The molecule has 5 heteroatoms. The van der Waals surface area contributed by atoms with Crippen molar-refractivity contribution < 1.29 is 13.9 Å². The number of benzene rings is 1. The van der Waals surface area contributed by atoms with E-state index in [2.05, 4.69) is 5.32 Å². The molecule has 20 heavy (non-hydrogen) atoms. The van der Waals surface area contributed by atoms with Crippen LogP contribution in [0, 0.1) is 11.2 Å². The van der Waals surface area contributed by atoms with Gasteiger partial charge in [-0.2, -0.15) is 0 Å². The number of nitrogens with one attached hydrogen (secondary N) is 2. The van der Waals surface area contributed by atoms with Gasteiger partial charge >= 0.3 is 6.09 Å². The van der Waals surface area contributed by atoms with Gasteiger partial charge in [0.2, 0.25) is 0 Å². The highest BCUT2D eigenvalue weighted by Gasteiger charge is 2.15. The molecule has 0 spiro atoms. The summed E-state index contributed by atoms with van der Waals surface area (Å²) in [5.74, 6) is -0.305. The first kappa shape index (κ1) is 15.9. The Morgan fingerprint density at radius 1 is 1.35 bits per heavy atom. The molecule has 0 aliphatic rings. The monoisotopic (exact) mass is 278 g/mol. The smallest absolute Gasteiger partial charge is 0.411 e. The van der Waals surface area contributed by atoms with Crippen molar-refractivity contribution in [2.24, 2.45) is 0 Å². The minimum Gasteiger partial charge on any atom is -0.444 e. The van der Waals surface area contributed by atoms with E-state index >= 15 is 0 Å². The summed E-state index contributed by atoms with van der Waals surface area (Å²) in [5.41, 5.74) is 0.870. The van der Waals surface area contributed by atoms with E-state index in [1.165, 1.54) is 18.3 Å². The molecule has 1 rings (SSSR count). The highest BCUT2D eigenvalue weighted by atomic mass is 19.1. The fourth-order valence-electron chi connectivity index (χ4n) is 1.44. The van der Waals surface area contributed by atoms with E-state index in [9.17, 15) is 9.18 Å². The summed E-state index contributed by atoms with van der Waals surface area (Å²) < 4.78 is 17.9. The van der Waals surface area contributed by atoms with Gasteiger partial charge in [-0.25, -0.2) is 9.18 Å². The van der Waals surface area contributed by atoms with E-state index in [1.54, 1.807) is 32.9 Å². The van der Waals surface area contributed by atoms with E-state index in [0.29, 0.717) is 12.0 Å². The molecule has 0 unspecified atom stereocenters. The average molecular weight is 278 g/mol. The summed E-state index contributed by atoms with van der Waals surface area (Å²) in [6, 6.07) is 6.00. The van der Waals surface area contributed by atoms with Gasteiger partial charge in [-0.15, -0.1) is 0 Å². The van der Waals surface area contributed by atoms with Crippen LogP contribution in [0.1, 0.15) is 26.3 Å². The largest absolute Gasteiger partial charge is 0.444 e. The zero-order valence-corrected chi connectivity index (χ0v) is 11.9. The summed E-state index contributed by atoms with van der Waals surface area (Å²) in [4.78, 5) is 11.5. The third kappa shape index (κ3) is 6.13. The molecule has 0 radical (unpaired) electrons. The Labute approximate surface area is 118 Å². The zero-order valence-electron chi connectivity index (χ0n) is 11.9. The molecule has 2 N–H and O–H groups in total. The van der Waals surface area contributed by atoms with Gasteiger partial charge in [-0.3, -0.25) is 5.32 Å². The van der Waals surface area contributed by atoms with Crippen LogP contribution < -0.4 is 5.32 Å². The Balaban J connectivity index is 2.62. The van der Waals surface area contributed by atoms with Crippen LogP contribution in [0.2, 0.25) is 0 Å². The third-order valence-electron chi connectivity index (χ3n) is 2.28. The summed E-state index contributed by atoms with van der Waals surface area (Å²) in [6.07, 6.45) is 2.42. The Morgan fingerprint density at radius 3 is 2.45 bits per heavy atom. The van der Waals surface area contributed by atoms with Gasteiger partial charge in [0.25, 0.3) is 0 Å². The average Bonchev–Trinajstić information content (AvgIpc) is 2.34. The first-order valence-electron chi connectivity index (χ1n) is 6.23. The molecular formula is C15H19FN2O2. The number of allylic oxidation sites excluding steroid dienone is 1. The Hall–Kier alpha value is -2.17. The van der Waals surface area contributed by atoms with E-state index in [-0.39, 0.29) is 5.82 Å². The Kier molecular flexibility index (Phi) is 5.43. The summed E-state index contributed by atoms with van der Waals surface area (Å²) >= 11 is 0. The van der Waals surface area contributed by atoms with Gasteiger partial charge in [0.15, 0.2) is 0 Å². The third-order valence-corrected chi connectivity index (χ3v) is 2.28. The van der Waals surface area contributed by atoms with Crippen molar-refractivity contribution in [3.05, 3.63) is 47.4 Å². The van der Waals surface area contributed by atoms with Crippen molar-refractivity contribution in [3.63, 3.8) is 0 Å². The second-order valence-corrected chi connectivity index (χ2v) is 5.31. The Morgan fingerprint density at radius 2 is 1.95 bits per heavy atom. The summed E-state index contributed by atoms with van der Waals surface area (Å²) in [7, 11) is 0. The number of carbonyl (C=O) groups is 1. The molecule has 0 saturated heterocycles. The second kappa shape index (κ2) is 6.84. The van der Waals surface area contributed by atoms with Gasteiger partial charge in [-0.05, 0) is 44.0 Å². The predicted octanol–water partition coefficient (Wildman–Crippen LogP) is 3.43. The van der Waals surface area contributed by atoms with Gasteiger partial charge in [-0.1, -0.05) is 12.1 Å². The van der Waals surface area contributed by atoms with E-state index in [0.717, 1.165) is 11.8 Å². The lowest BCUT2D eigenvalue weighted by Crippen LogP contribution is -2.30. The molecule has 0 heterocycles. The highest BCUT2D eigenvalue weighted by molar-refractivity contribution is 5.78. The lowest BCUT2D eigenvalue weighted by Gasteiger charge is -2.18. The molecule has 0 aliphatic heterocycles. The minimum absolute atomic E-state index is 0.305. The standard InChI is InChI=1S/C15H19FN2O2/c1-15(2,3)20-14(19)18-10-12(9-17)8-11-4-6-13(16)7-5-11/h4-7,9-10,17H,8H2,1-3H3,(H,18,19)/b12-10-,17-9?. The van der Waals surface area contributed by atoms with Crippen molar-refractivity contribution in [2.75, 3.05) is 0 Å². The molecule has 0 bridgehead atoms. The van der Waals surface area contributed by atoms with Crippen LogP contribution in [-0.2, 0) is 11.2 Å². The minimum atomic E-state index is -0.573. The van der Waals surface area contributed by atoms with Crippen LogP contribution in [-0.4, -0.2) is 17.9 Å². The van der Waals surface area contributed by atoms with Crippen LogP contribution in [0.15, 0.2) is 36.0 Å². The summed E-state index contributed by atoms with van der Waals surface area (Å²) in [6.45, 7) is 5.31. The van der Waals surface area contributed by atoms with Crippen molar-refractivity contribution in [1.82, 2.24) is 5.32 Å². The molecular weight excluding hydrogens is 259 g/mol. The fraction of sp³-hybridized carbons (Fsp3) is 0.333. The molecule has 1 amide bonds. The van der Waals surface area contributed by atoms with Gasteiger partial charge in [0.05, 0.1) is 0 Å². The molecule has 4 nitrogen and oxygen atoms in total. The fourth-order valence-corrected chi connectivity index (χ4v) is 1.44. The van der Waals surface area contributed by atoms with Crippen molar-refractivity contribution >= 4 is 12.3 Å². The summed E-state index contributed by atoms with van der Waals surface area (Å²) in [5, 5.41) is 9.79. The topological polar surface area (TPSA) is 62.2 Å². The maximum absolute atomic E-state index is 12.8. The normalized spacial score (nSPS) is 11.9. The predicted molar refractivity (Wildman–Crippen MR) is 76.3 cm³/mol. The molecule has 108 valence electrons. The molecule has 0 atom stereocenters. The first-order chi connectivity index (χ1) is 9.30. The first-order valence-corrected chi connectivity index (χ1v) is 6.23. The molecule has 0 aliphatic carbocycles. The highest BCUT2D eigenvalue weighted by Crippen LogP contribution is 2.09. The van der Waals surface area contributed by atoms with E-state index in [4.69, 9.17) is 10.1 Å². The number of alkyl carbamates (subject to hydrolysis) is 1. The second-order valence-electron chi connectivity index (χ2n) is 5.31. The maximum Gasteiger partial charge on any atom is 0.411 e. The lowest BCUT2D eigenvalue weighted by atomic mass is 10.1. The Bertz CT molecular complexity index is 502. The molecule has 0 fully saturated rings. The number of ether oxygens (including phenoxy) is 1. The molecule has 1 aromatic rings. The number of carbonyl (C=O) groups excluding carboxylic acids is 1. The lowest BCUT2D eigenvalue weighted by molar-refractivity contribution is 0.0552. The van der Waals surface area contributed by atoms with Crippen LogP contribution in [0.4, 0.5) is 9.18 Å². The number of amides is 1. The van der Waals surface area contributed by atoms with Crippen molar-refractivity contribution in [3.8, 4) is 0 Å². The zero-order chi connectivity index (χ0) is 15.2. The number of hydrogen-bond acceptors (Lipinski definition) is 3. The van der Waals surface area contributed by atoms with Gasteiger partial charge in [0, 0.05) is 18.8 Å².